The predicted octanol–water partition coefficient (Wildman–Crippen LogP) is 3.95. The Morgan fingerprint density at radius 2 is 1.96 bits per heavy atom. The van der Waals surface area contributed by atoms with Gasteiger partial charge in [-0.05, 0) is 74.5 Å². The van der Waals surface area contributed by atoms with Crippen LogP contribution in [-0.4, -0.2) is 38.1 Å². The van der Waals surface area contributed by atoms with Crippen molar-refractivity contribution in [3.63, 3.8) is 0 Å². The van der Waals surface area contributed by atoms with Crippen molar-refractivity contribution in [2.75, 3.05) is 20.8 Å². The number of rotatable bonds is 3. The van der Waals surface area contributed by atoms with Gasteiger partial charge in [0.05, 0.1) is 18.8 Å². The Hall–Kier alpha value is -0.380. The molecule has 0 amide bonds. The molecule has 3 saturated carbocycles. The van der Waals surface area contributed by atoms with Crippen molar-refractivity contribution in [2.45, 2.75) is 70.5 Å². The van der Waals surface area contributed by atoms with E-state index in [0.717, 1.165) is 43.6 Å². The maximum Gasteiger partial charge on any atom is 0.0627 e. The number of methoxy groups -OCH3 is 2. The highest BCUT2D eigenvalue weighted by Gasteiger charge is 2.60. The quantitative estimate of drug-likeness (QED) is 0.794. The van der Waals surface area contributed by atoms with Gasteiger partial charge in [-0.2, -0.15) is 0 Å². The average molecular weight is 335 g/mol. The van der Waals surface area contributed by atoms with Crippen molar-refractivity contribution in [3.05, 3.63) is 11.6 Å². The van der Waals surface area contributed by atoms with Crippen molar-refractivity contribution >= 4 is 0 Å². The van der Waals surface area contributed by atoms with Gasteiger partial charge >= 0.3 is 0 Å². The number of allylic oxidation sites excluding steroid dienone is 1. The molecule has 0 aromatic heterocycles. The van der Waals surface area contributed by atoms with Crippen LogP contribution in [0.5, 0.6) is 0 Å². The van der Waals surface area contributed by atoms with E-state index in [1.165, 1.54) is 37.7 Å². The van der Waals surface area contributed by atoms with E-state index >= 15 is 0 Å². The normalized spacial score (nSPS) is 50.7. The van der Waals surface area contributed by atoms with Crippen LogP contribution in [0.4, 0.5) is 0 Å². The third-order valence-corrected chi connectivity index (χ3v) is 8.40. The van der Waals surface area contributed by atoms with Gasteiger partial charge in [-0.3, -0.25) is 0 Å². The third kappa shape index (κ3) is 2.27. The minimum absolute atomic E-state index is 0.143. The summed E-state index contributed by atoms with van der Waals surface area (Å²) >= 11 is 0. The van der Waals surface area contributed by atoms with Crippen LogP contribution in [0, 0.1) is 28.6 Å². The van der Waals surface area contributed by atoms with Gasteiger partial charge in [0.25, 0.3) is 0 Å². The van der Waals surface area contributed by atoms with Crippen molar-refractivity contribution < 1.29 is 14.6 Å². The van der Waals surface area contributed by atoms with Crippen LogP contribution < -0.4 is 0 Å². The van der Waals surface area contributed by atoms with Gasteiger partial charge in [0.1, 0.15) is 0 Å². The van der Waals surface area contributed by atoms with E-state index in [1.807, 2.05) is 14.2 Å². The topological polar surface area (TPSA) is 38.7 Å². The van der Waals surface area contributed by atoms with E-state index in [1.54, 1.807) is 0 Å². The van der Waals surface area contributed by atoms with Crippen LogP contribution >= 0.6 is 0 Å². The summed E-state index contributed by atoms with van der Waals surface area (Å²) in [6, 6.07) is 0. The monoisotopic (exact) mass is 334 g/mol. The van der Waals surface area contributed by atoms with Crippen molar-refractivity contribution in [2.24, 2.45) is 28.6 Å². The first kappa shape index (κ1) is 17.1. The van der Waals surface area contributed by atoms with E-state index in [2.05, 4.69) is 13.0 Å². The summed E-state index contributed by atoms with van der Waals surface area (Å²) in [6.45, 7) is 3.33. The number of fused-ring (bicyclic) bond motifs is 5. The molecular weight excluding hydrogens is 300 g/mol. The second kappa shape index (κ2) is 6.10. The minimum atomic E-state index is -0.143. The van der Waals surface area contributed by atoms with Gasteiger partial charge in [-0.1, -0.05) is 18.6 Å². The average Bonchev–Trinajstić information content (AvgIpc) is 2.92. The highest BCUT2D eigenvalue weighted by atomic mass is 16.5. The molecule has 3 heteroatoms. The maximum absolute atomic E-state index is 10.2. The molecule has 4 aliphatic carbocycles. The van der Waals surface area contributed by atoms with E-state index < -0.39 is 0 Å². The predicted molar refractivity (Wildman–Crippen MR) is 94.7 cm³/mol. The fourth-order valence-corrected chi connectivity index (χ4v) is 7.30. The molecular formula is C21H34O3. The minimum Gasteiger partial charge on any atom is -0.393 e. The van der Waals surface area contributed by atoms with Crippen LogP contribution in [0.1, 0.15) is 58.3 Å². The summed E-state index contributed by atoms with van der Waals surface area (Å²) in [4.78, 5) is 0. The first-order valence-corrected chi connectivity index (χ1v) is 9.94. The fourth-order valence-electron chi connectivity index (χ4n) is 7.30. The second-order valence-corrected chi connectivity index (χ2v) is 9.17. The number of aliphatic hydroxyl groups excluding tert-OH is 1. The number of ether oxygens (including phenoxy) is 2. The molecule has 4 rings (SSSR count). The molecule has 24 heavy (non-hydrogen) atoms. The van der Waals surface area contributed by atoms with Gasteiger partial charge in [-0.15, -0.1) is 0 Å². The van der Waals surface area contributed by atoms with Crippen LogP contribution in [0.3, 0.4) is 0 Å². The summed E-state index contributed by atoms with van der Waals surface area (Å²) in [6.07, 6.45) is 12.1. The van der Waals surface area contributed by atoms with Crippen molar-refractivity contribution in [1.29, 1.82) is 0 Å². The Morgan fingerprint density at radius 3 is 2.71 bits per heavy atom. The molecule has 3 nitrogen and oxygen atoms in total. The highest BCUT2D eigenvalue weighted by molar-refractivity contribution is 5.26. The molecule has 0 bridgehead atoms. The SMILES string of the molecule is COCC12CCC(O)CC1=CCC1C2CCC2(C)C(OC)CCC12. The van der Waals surface area contributed by atoms with Gasteiger partial charge in [0.2, 0.25) is 0 Å². The summed E-state index contributed by atoms with van der Waals surface area (Å²) in [5, 5.41) is 10.2. The molecule has 0 aromatic rings. The van der Waals surface area contributed by atoms with Crippen LogP contribution in [0.2, 0.25) is 0 Å². The summed E-state index contributed by atoms with van der Waals surface area (Å²) < 4.78 is 11.6. The largest absolute Gasteiger partial charge is 0.393 e. The molecule has 0 saturated heterocycles. The van der Waals surface area contributed by atoms with Crippen LogP contribution in [0.25, 0.3) is 0 Å². The summed E-state index contributed by atoms with van der Waals surface area (Å²) in [7, 11) is 3.75. The van der Waals surface area contributed by atoms with E-state index in [-0.39, 0.29) is 11.5 Å². The molecule has 0 radical (unpaired) electrons. The van der Waals surface area contributed by atoms with Gasteiger partial charge < -0.3 is 14.6 Å². The second-order valence-electron chi connectivity index (χ2n) is 9.17. The van der Waals surface area contributed by atoms with Crippen molar-refractivity contribution in [3.8, 4) is 0 Å². The van der Waals surface area contributed by atoms with Gasteiger partial charge in [-0.25, -0.2) is 0 Å². The lowest BCUT2D eigenvalue weighted by molar-refractivity contribution is -0.100. The van der Waals surface area contributed by atoms with E-state index in [0.29, 0.717) is 11.5 Å². The zero-order valence-electron chi connectivity index (χ0n) is 15.6. The van der Waals surface area contributed by atoms with Gasteiger partial charge in [0, 0.05) is 19.6 Å². The molecule has 0 heterocycles. The molecule has 4 aliphatic rings. The zero-order valence-corrected chi connectivity index (χ0v) is 15.6. The highest BCUT2D eigenvalue weighted by Crippen LogP contribution is 2.65. The summed E-state index contributed by atoms with van der Waals surface area (Å²) in [5.74, 6) is 2.30. The number of hydrogen-bond donors (Lipinski definition) is 1. The van der Waals surface area contributed by atoms with Gasteiger partial charge in [0.15, 0.2) is 0 Å². The molecule has 0 spiro atoms. The molecule has 0 aromatic carbocycles. The Morgan fingerprint density at radius 1 is 1.12 bits per heavy atom. The van der Waals surface area contributed by atoms with E-state index in [9.17, 15) is 5.11 Å². The molecule has 7 unspecified atom stereocenters. The van der Waals surface area contributed by atoms with Crippen LogP contribution in [-0.2, 0) is 9.47 Å². The lowest BCUT2D eigenvalue weighted by Crippen LogP contribution is -2.53. The Kier molecular flexibility index (Phi) is 4.34. The lowest BCUT2D eigenvalue weighted by atomic mass is 9.47. The molecule has 136 valence electrons. The Balaban J connectivity index is 1.68. The molecule has 1 N–H and O–H groups in total. The zero-order chi connectivity index (χ0) is 16.9. The molecule has 7 atom stereocenters. The lowest BCUT2D eigenvalue weighted by Gasteiger charge is -2.58. The molecule has 3 fully saturated rings. The van der Waals surface area contributed by atoms with E-state index in [4.69, 9.17) is 9.47 Å². The van der Waals surface area contributed by atoms with Crippen LogP contribution in [0.15, 0.2) is 11.6 Å². The number of aliphatic hydroxyl groups is 1. The first-order valence-electron chi connectivity index (χ1n) is 9.94. The smallest absolute Gasteiger partial charge is 0.0627 e. The fraction of sp³-hybridized carbons (Fsp3) is 0.905. The summed E-state index contributed by atoms with van der Waals surface area (Å²) in [5.41, 5.74) is 2.07. The third-order valence-electron chi connectivity index (χ3n) is 8.40. The molecule has 0 aliphatic heterocycles. The van der Waals surface area contributed by atoms with Crippen molar-refractivity contribution in [1.82, 2.24) is 0 Å². The maximum atomic E-state index is 10.2. The standard InChI is InChI=1S/C21H34O3/c1-20-10-9-18-16(17(20)6-7-19(20)24-3)5-4-14-12-15(22)8-11-21(14,18)13-23-2/h4,15-19,22H,5-13H2,1-3H3. The Labute approximate surface area is 146 Å². The number of hydrogen-bond acceptors (Lipinski definition) is 3. The Bertz CT molecular complexity index is 515. The first-order chi connectivity index (χ1) is 11.5.